The van der Waals surface area contributed by atoms with Crippen molar-refractivity contribution in [3.8, 4) is 22.3 Å². The molecule has 0 unspecified atom stereocenters. The average Bonchev–Trinajstić information content (AvgIpc) is 3.59. The molecule has 8 aromatic carbocycles. The maximum atomic E-state index is 2.48. The minimum atomic E-state index is -0.391. The molecule has 1 heteroatoms. The van der Waals surface area contributed by atoms with E-state index in [-0.39, 0.29) is 0 Å². The molecule has 0 atom stereocenters. The van der Waals surface area contributed by atoms with E-state index < -0.39 is 5.41 Å². The van der Waals surface area contributed by atoms with E-state index >= 15 is 0 Å². The largest absolute Gasteiger partial charge is 0.309 e. The van der Waals surface area contributed by atoms with Gasteiger partial charge in [0.25, 0.3) is 0 Å². The maximum absolute atomic E-state index is 2.48. The highest BCUT2D eigenvalue weighted by molar-refractivity contribution is 6.05. The second-order valence-electron chi connectivity index (χ2n) is 12.4. The topological polar surface area (TPSA) is 3.24 Å². The van der Waals surface area contributed by atoms with Crippen molar-refractivity contribution in [3.05, 3.63) is 198 Å². The summed E-state index contributed by atoms with van der Waals surface area (Å²) in [5.74, 6) is 0. The van der Waals surface area contributed by atoms with Crippen LogP contribution in [0, 0.1) is 0 Å². The standard InChI is InChI=1S/C45H29N/c1-3-17-33-30(13-1)15-11-25-43(33)46(44-26-12-16-31-14-2-4-18-34(31)44)32-27-28-38-37-21-7-10-24-41(37)45(42(38)29-32)39-22-8-5-19-35(39)36-20-6-9-23-40(36)45/h1-29H. The van der Waals surface area contributed by atoms with E-state index in [0.717, 1.165) is 5.69 Å². The summed E-state index contributed by atoms with van der Waals surface area (Å²) in [7, 11) is 0. The van der Waals surface area contributed by atoms with E-state index in [1.807, 2.05) is 0 Å². The first-order chi connectivity index (χ1) is 22.8. The summed E-state index contributed by atoms with van der Waals surface area (Å²) in [4.78, 5) is 2.48. The van der Waals surface area contributed by atoms with Gasteiger partial charge in [0.05, 0.1) is 16.8 Å². The molecule has 0 amide bonds. The average molecular weight is 584 g/mol. The highest BCUT2D eigenvalue weighted by atomic mass is 15.1. The molecule has 0 radical (unpaired) electrons. The quantitative estimate of drug-likeness (QED) is 0.200. The van der Waals surface area contributed by atoms with Crippen LogP contribution >= 0.6 is 0 Å². The van der Waals surface area contributed by atoms with Gasteiger partial charge < -0.3 is 4.90 Å². The molecule has 0 bridgehead atoms. The predicted octanol–water partition coefficient (Wildman–Crippen LogP) is 11.8. The molecule has 1 spiro atoms. The van der Waals surface area contributed by atoms with Crippen LogP contribution in [0.2, 0.25) is 0 Å². The van der Waals surface area contributed by atoms with Gasteiger partial charge in [-0.05, 0) is 79.5 Å². The normalized spacial score (nSPS) is 13.4. The number of nitrogens with zero attached hydrogens (tertiary/aromatic N) is 1. The van der Waals surface area contributed by atoms with Crippen LogP contribution in [0.15, 0.2) is 176 Å². The Hall–Kier alpha value is -5.92. The molecule has 0 fully saturated rings. The van der Waals surface area contributed by atoms with E-state index in [4.69, 9.17) is 0 Å². The minimum absolute atomic E-state index is 0.391. The summed E-state index contributed by atoms with van der Waals surface area (Å²) in [6.45, 7) is 0. The Bertz CT molecular complexity index is 2350. The first kappa shape index (κ1) is 25.4. The summed E-state index contributed by atoms with van der Waals surface area (Å²) in [5, 5.41) is 4.92. The second-order valence-corrected chi connectivity index (χ2v) is 12.4. The lowest BCUT2D eigenvalue weighted by Gasteiger charge is -2.32. The fourth-order valence-corrected chi connectivity index (χ4v) is 8.44. The second kappa shape index (κ2) is 9.54. The van der Waals surface area contributed by atoms with Crippen LogP contribution < -0.4 is 4.90 Å². The van der Waals surface area contributed by atoms with Crippen LogP contribution in [0.1, 0.15) is 22.3 Å². The van der Waals surface area contributed by atoms with Gasteiger partial charge in [0.1, 0.15) is 0 Å². The van der Waals surface area contributed by atoms with Crippen LogP contribution in [0.5, 0.6) is 0 Å². The van der Waals surface area contributed by atoms with Crippen LogP contribution in [-0.4, -0.2) is 0 Å². The molecule has 2 aliphatic carbocycles. The van der Waals surface area contributed by atoms with Crippen molar-refractivity contribution in [2.45, 2.75) is 5.41 Å². The predicted molar refractivity (Wildman–Crippen MR) is 192 cm³/mol. The molecular weight excluding hydrogens is 555 g/mol. The van der Waals surface area contributed by atoms with Gasteiger partial charge in [-0.3, -0.25) is 0 Å². The van der Waals surface area contributed by atoms with Gasteiger partial charge in [-0.25, -0.2) is 0 Å². The van der Waals surface area contributed by atoms with Crippen LogP contribution in [-0.2, 0) is 5.41 Å². The Balaban J connectivity index is 1.32. The lowest BCUT2D eigenvalue weighted by atomic mass is 9.70. The summed E-state index contributed by atoms with van der Waals surface area (Å²) in [5.41, 5.74) is 13.8. The molecule has 214 valence electrons. The third kappa shape index (κ3) is 3.29. The van der Waals surface area contributed by atoms with Gasteiger partial charge in [0.15, 0.2) is 0 Å². The number of benzene rings is 8. The van der Waals surface area contributed by atoms with Crippen molar-refractivity contribution in [2.24, 2.45) is 0 Å². The summed E-state index contributed by atoms with van der Waals surface area (Å²) < 4.78 is 0. The zero-order chi connectivity index (χ0) is 30.2. The zero-order valence-electron chi connectivity index (χ0n) is 25.2. The van der Waals surface area contributed by atoms with Crippen molar-refractivity contribution in [2.75, 3.05) is 4.90 Å². The SMILES string of the molecule is c1ccc2c(c1)-c1ccccc1C21c2ccccc2-c2ccc(N(c3cccc4ccccc34)c3cccc4ccccc34)cc21. The van der Waals surface area contributed by atoms with E-state index in [1.54, 1.807) is 0 Å². The fraction of sp³-hybridized carbons (Fsp3) is 0.0222. The van der Waals surface area contributed by atoms with Crippen LogP contribution in [0.25, 0.3) is 43.8 Å². The summed E-state index contributed by atoms with van der Waals surface area (Å²) in [6, 6.07) is 65.0. The highest BCUT2D eigenvalue weighted by Gasteiger charge is 2.51. The van der Waals surface area contributed by atoms with Crippen molar-refractivity contribution >= 4 is 38.6 Å². The van der Waals surface area contributed by atoms with Gasteiger partial charge in [-0.1, -0.05) is 152 Å². The zero-order valence-corrected chi connectivity index (χ0v) is 25.2. The van der Waals surface area contributed by atoms with E-state index in [9.17, 15) is 0 Å². The molecule has 8 aromatic rings. The third-order valence-electron chi connectivity index (χ3n) is 10.3. The fourth-order valence-electron chi connectivity index (χ4n) is 8.44. The molecule has 0 N–H and O–H groups in total. The van der Waals surface area contributed by atoms with Crippen LogP contribution in [0.4, 0.5) is 17.1 Å². The number of hydrogen-bond donors (Lipinski definition) is 0. The lowest BCUT2D eigenvalue weighted by molar-refractivity contribution is 0.793. The summed E-state index contributed by atoms with van der Waals surface area (Å²) in [6.07, 6.45) is 0. The molecule has 1 nitrogen and oxygen atoms in total. The Kier molecular flexibility index (Phi) is 5.27. The Morgan fingerprint density at radius 2 is 0.739 bits per heavy atom. The molecule has 0 heterocycles. The van der Waals surface area contributed by atoms with E-state index in [2.05, 4.69) is 181 Å². The Labute approximate surface area is 268 Å². The molecule has 0 saturated heterocycles. The number of anilines is 3. The minimum Gasteiger partial charge on any atom is -0.309 e. The number of hydrogen-bond acceptors (Lipinski definition) is 1. The molecule has 10 rings (SSSR count). The van der Waals surface area contributed by atoms with Gasteiger partial charge in [0, 0.05) is 16.5 Å². The highest BCUT2D eigenvalue weighted by Crippen LogP contribution is 2.63. The van der Waals surface area contributed by atoms with E-state index in [0.29, 0.717) is 0 Å². The third-order valence-corrected chi connectivity index (χ3v) is 10.3. The van der Waals surface area contributed by atoms with Crippen LogP contribution in [0.3, 0.4) is 0 Å². The molecular formula is C45H29N. The smallest absolute Gasteiger partial charge is 0.0726 e. The molecule has 46 heavy (non-hydrogen) atoms. The van der Waals surface area contributed by atoms with Gasteiger partial charge in [-0.15, -0.1) is 0 Å². The number of rotatable bonds is 3. The van der Waals surface area contributed by atoms with Crippen molar-refractivity contribution < 1.29 is 0 Å². The molecule has 0 saturated carbocycles. The Morgan fingerprint density at radius 3 is 1.26 bits per heavy atom. The molecule has 0 aromatic heterocycles. The van der Waals surface area contributed by atoms with Crippen molar-refractivity contribution in [1.82, 2.24) is 0 Å². The lowest BCUT2D eigenvalue weighted by Crippen LogP contribution is -2.26. The maximum Gasteiger partial charge on any atom is 0.0726 e. The van der Waals surface area contributed by atoms with E-state index in [1.165, 1.54) is 77.4 Å². The first-order valence-corrected chi connectivity index (χ1v) is 16.0. The van der Waals surface area contributed by atoms with Gasteiger partial charge in [0.2, 0.25) is 0 Å². The van der Waals surface area contributed by atoms with Gasteiger partial charge >= 0.3 is 0 Å². The number of fused-ring (bicyclic) bond motifs is 12. The van der Waals surface area contributed by atoms with Gasteiger partial charge in [-0.2, -0.15) is 0 Å². The Morgan fingerprint density at radius 1 is 0.326 bits per heavy atom. The first-order valence-electron chi connectivity index (χ1n) is 16.0. The van der Waals surface area contributed by atoms with Crippen molar-refractivity contribution in [3.63, 3.8) is 0 Å². The molecule has 0 aliphatic heterocycles. The summed E-state index contributed by atoms with van der Waals surface area (Å²) >= 11 is 0. The monoisotopic (exact) mass is 583 g/mol. The molecule has 2 aliphatic rings. The van der Waals surface area contributed by atoms with Crippen molar-refractivity contribution in [1.29, 1.82) is 0 Å².